The molecule has 0 aliphatic rings. The standard InChI is InChI=1S/C11H20N2O5/c1-6(10(16)18-5)12-9(15)8(11(3,4)17)13-7(2)14/h6,8,17H,1-5H3,(H,12,15)(H,13,14). The van der Waals surface area contributed by atoms with Gasteiger partial charge < -0.3 is 20.5 Å². The Kier molecular flexibility index (Phi) is 5.77. The molecular weight excluding hydrogens is 240 g/mol. The average molecular weight is 260 g/mol. The number of aliphatic hydroxyl groups is 1. The molecule has 2 unspecified atom stereocenters. The van der Waals surface area contributed by atoms with Crippen LogP contribution in [0, 0.1) is 0 Å². The van der Waals surface area contributed by atoms with Crippen molar-refractivity contribution in [3.8, 4) is 0 Å². The van der Waals surface area contributed by atoms with Crippen molar-refractivity contribution in [2.45, 2.75) is 45.4 Å². The summed E-state index contributed by atoms with van der Waals surface area (Å²) in [5.74, 6) is -1.72. The van der Waals surface area contributed by atoms with Gasteiger partial charge in [0.1, 0.15) is 12.1 Å². The molecule has 0 bridgehead atoms. The number of carbonyl (C=O) groups is 3. The van der Waals surface area contributed by atoms with Crippen LogP contribution >= 0.6 is 0 Å². The number of carbonyl (C=O) groups excluding carboxylic acids is 3. The highest BCUT2D eigenvalue weighted by molar-refractivity contribution is 5.90. The van der Waals surface area contributed by atoms with Gasteiger partial charge >= 0.3 is 5.97 Å². The van der Waals surface area contributed by atoms with E-state index in [0.717, 1.165) is 0 Å². The molecule has 0 radical (unpaired) electrons. The molecule has 2 amide bonds. The Morgan fingerprint density at radius 3 is 2.06 bits per heavy atom. The predicted molar refractivity (Wildman–Crippen MR) is 63.5 cm³/mol. The van der Waals surface area contributed by atoms with E-state index >= 15 is 0 Å². The number of hydrogen-bond acceptors (Lipinski definition) is 5. The molecule has 0 rings (SSSR count). The van der Waals surface area contributed by atoms with Gasteiger partial charge in [0.25, 0.3) is 0 Å². The molecule has 0 aliphatic heterocycles. The lowest BCUT2D eigenvalue weighted by Gasteiger charge is -2.29. The van der Waals surface area contributed by atoms with E-state index in [0.29, 0.717) is 0 Å². The topological polar surface area (TPSA) is 105 Å². The van der Waals surface area contributed by atoms with E-state index in [1.165, 1.54) is 34.8 Å². The molecule has 7 nitrogen and oxygen atoms in total. The maximum Gasteiger partial charge on any atom is 0.328 e. The van der Waals surface area contributed by atoms with Gasteiger partial charge in [-0.05, 0) is 20.8 Å². The second kappa shape index (κ2) is 6.34. The number of hydrogen-bond donors (Lipinski definition) is 3. The van der Waals surface area contributed by atoms with Crippen LogP contribution < -0.4 is 10.6 Å². The molecule has 0 aromatic rings. The molecule has 104 valence electrons. The summed E-state index contributed by atoms with van der Waals surface area (Å²) >= 11 is 0. The maximum absolute atomic E-state index is 11.9. The molecule has 7 heteroatoms. The first-order valence-corrected chi connectivity index (χ1v) is 5.47. The van der Waals surface area contributed by atoms with Crippen molar-refractivity contribution in [2.24, 2.45) is 0 Å². The molecule has 2 atom stereocenters. The Bertz CT molecular complexity index is 335. The van der Waals surface area contributed by atoms with E-state index in [-0.39, 0.29) is 0 Å². The van der Waals surface area contributed by atoms with Crippen LogP contribution in [0.1, 0.15) is 27.7 Å². The van der Waals surface area contributed by atoms with Crippen molar-refractivity contribution < 1.29 is 24.2 Å². The molecule has 0 heterocycles. The first-order valence-electron chi connectivity index (χ1n) is 5.47. The highest BCUT2D eigenvalue weighted by atomic mass is 16.5. The Hall–Kier alpha value is -1.63. The summed E-state index contributed by atoms with van der Waals surface area (Å²) in [4.78, 5) is 34.0. The fourth-order valence-electron chi connectivity index (χ4n) is 1.30. The second-order valence-electron chi connectivity index (χ2n) is 4.54. The number of rotatable bonds is 5. The van der Waals surface area contributed by atoms with Gasteiger partial charge in [0.05, 0.1) is 12.7 Å². The van der Waals surface area contributed by atoms with Gasteiger partial charge in [-0.15, -0.1) is 0 Å². The van der Waals surface area contributed by atoms with Crippen molar-refractivity contribution in [3.63, 3.8) is 0 Å². The molecule has 0 aliphatic carbocycles. The number of esters is 1. The molecule has 0 saturated carbocycles. The average Bonchev–Trinajstić information content (AvgIpc) is 2.22. The third-order valence-electron chi connectivity index (χ3n) is 2.23. The minimum absolute atomic E-state index is 0.456. The predicted octanol–water partition coefficient (Wildman–Crippen LogP) is -1.06. The zero-order chi connectivity index (χ0) is 14.5. The van der Waals surface area contributed by atoms with E-state index in [1.54, 1.807) is 0 Å². The molecule has 0 saturated heterocycles. The van der Waals surface area contributed by atoms with Crippen LogP contribution in [0.15, 0.2) is 0 Å². The fraction of sp³-hybridized carbons (Fsp3) is 0.727. The first kappa shape index (κ1) is 16.4. The summed E-state index contributed by atoms with van der Waals surface area (Å²) in [5.41, 5.74) is -1.45. The SMILES string of the molecule is COC(=O)C(C)NC(=O)C(NC(C)=O)C(C)(C)O. The lowest BCUT2D eigenvalue weighted by molar-refractivity contribution is -0.146. The van der Waals surface area contributed by atoms with Crippen molar-refractivity contribution in [2.75, 3.05) is 7.11 Å². The molecule has 0 aromatic heterocycles. The fourth-order valence-corrected chi connectivity index (χ4v) is 1.30. The van der Waals surface area contributed by atoms with Crippen LogP contribution in [0.3, 0.4) is 0 Å². The van der Waals surface area contributed by atoms with Crippen LogP contribution in [0.5, 0.6) is 0 Å². The van der Waals surface area contributed by atoms with Gasteiger partial charge in [0.15, 0.2) is 0 Å². The molecular formula is C11H20N2O5. The van der Waals surface area contributed by atoms with E-state index in [4.69, 9.17) is 0 Å². The van der Waals surface area contributed by atoms with E-state index in [2.05, 4.69) is 15.4 Å². The van der Waals surface area contributed by atoms with Crippen molar-refractivity contribution >= 4 is 17.8 Å². The Balaban J connectivity index is 4.77. The van der Waals surface area contributed by atoms with Gasteiger partial charge in [-0.1, -0.05) is 0 Å². The van der Waals surface area contributed by atoms with E-state index in [1.807, 2.05) is 0 Å². The first-order chi connectivity index (χ1) is 8.09. The highest BCUT2D eigenvalue weighted by Gasteiger charge is 2.35. The Labute approximate surface area is 106 Å². The van der Waals surface area contributed by atoms with Crippen LogP contribution in [-0.4, -0.2) is 47.7 Å². The van der Waals surface area contributed by atoms with E-state index in [9.17, 15) is 19.5 Å². The monoisotopic (exact) mass is 260 g/mol. The molecule has 0 aromatic carbocycles. The van der Waals surface area contributed by atoms with Gasteiger partial charge in [-0.2, -0.15) is 0 Å². The summed E-state index contributed by atoms with van der Waals surface area (Å²) in [7, 11) is 1.20. The van der Waals surface area contributed by atoms with Crippen LogP contribution in [0.25, 0.3) is 0 Å². The summed E-state index contributed by atoms with van der Waals surface area (Å²) in [6, 6.07) is -2.01. The van der Waals surface area contributed by atoms with Crippen molar-refractivity contribution in [1.82, 2.24) is 10.6 Å². The van der Waals surface area contributed by atoms with Gasteiger partial charge in [0, 0.05) is 6.92 Å². The summed E-state index contributed by atoms with van der Waals surface area (Å²) in [6.07, 6.45) is 0. The van der Waals surface area contributed by atoms with Crippen molar-refractivity contribution in [3.05, 3.63) is 0 Å². The van der Waals surface area contributed by atoms with Crippen LogP contribution in [-0.2, 0) is 19.1 Å². The minimum Gasteiger partial charge on any atom is -0.467 e. The number of methoxy groups -OCH3 is 1. The van der Waals surface area contributed by atoms with Gasteiger partial charge in [-0.25, -0.2) is 4.79 Å². The quantitative estimate of drug-likeness (QED) is 0.546. The summed E-state index contributed by atoms with van der Waals surface area (Å²) in [5, 5.41) is 14.5. The lowest BCUT2D eigenvalue weighted by atomic mass is 9.97. The third kappa shape index (κ3) is 5.13. The van der Waals surface area contributed by atoms with Crippen LogP contribution in [0.4, 0.5) is 0 Å². The number of amides is 2. The van der Waals surface area contributed by atoms with Crippen LogP contribution in [0.2, 0.25) is 0 Å². The lowest BCUT2D eigenvalue weighted by Crippen LogP contribution is -2.59. The zero-order valence-electron chi connectivity index (χ0n) is 11.2. The zero-order valence-corrected chi connectivity index (χ0v) is 11.2. The second-order valence-corrected chi connectivity index (χ2v) is 4.54. The highest BCUT2D eigenvalue weighted by Crippen LogP contribution is 2.09. The molecule has 18 heavy (non-hydrogen) atoms. The minimum atomic E-state index is -1.45. The maximum atomic E-state index is 11.9. The number of nitrogens with one attached hydrogen (secondary N) is 2. The summed E-state index contributed by atoms with van der Waals surface area (Å²) < 4.78 is 4.46. The Morgan fingerprint density at radius 1 is 1.22 bits per heavy atom. The van der Waals surface area contributed by atoms with Gasteiger partial charge in [-0.3, -0.25) is 9.59 Å². The summed E-state index contributed by atoms with van der Waals surface area (Å²) in [6.45, 7) is 5.45. The third-order valence-corrected chi connectivity index (χ3v) is 2.23. The number of ether oxygens (including phenoxy) is 1. The van der Waals surface area contributed by atoms with Crippen molar-refractivity contribution in [1.29, 1.82) is 0 Å². The van der Waals surface area contributed by atoms with Gasteiger partial charge in [0.2, 0.25) is 11.8 Å². The largest absolute Gasteiger partial charge is 0.467 e. The molecule has 3 N–H and O–H groups in total. The smallest absolute Gasteiger partial charge is 0.328 e. The molecule has 0 fully saturated rings. The normalized spacial score (nSPS) is 14.3. The van der Waals surface area contributed by atoms with E-state index < -0.39 is 35.5 Å². The Morgan fingerprint density at radius 2 is 1.72 bits per heavy atom. The molecule has 0 spiro atoms.